The Morgan fingerprint density at radius 1 is 1.35 bits per heavy atom. The highest BCUT2D eigenvalue weighted by atomic mass is 35.5. The molecule has 1 fully saturated rings. The molecule has 1 atom stereocenters. The maximum Gasteiger partial charge on any atom is 0.124 e. The second-order valence-corrected chi connectivity index (χ2v) is 6.02. The van der Waals surface area contributed by atoms with Crippen molar-refractivity contribution in [2.45, 2.75) is 50.2 Å². The summed E-state index contributed by atoms with van der Waals surface area (Å²) in [6.07, 6.45) is 6.55. The van der Waals surface area contributed by atoms with Gasteiger partial charge in [0.15, 0.2) is 0 Å². The van der Waals surface area contributed by atoms with E-state index in [9.17, 15) is 4.39 Å². The predicted octanol–water partition coefficient (Wildman–Crippen LogP) is 3.96. The van der Waals surface area contributed by atoms with Gasteiger partial charge in [-0.25, -0.2) is 4.39 Å². The Morgan fingerprint density at radius 2 is 2.05 bits per heavy atom. The fraction of sp³-hybridized carbons (Fsp3) is 0.625. The standard InChI is InChI=1S/C16H23ClFNO/c1-19-15(16(20-2)8-4-3-5-9-16)10-12-6-7-13(18)11-14(12)17/h6-7,11,15,19H,3-5,8-10H2,1-2H3. The highest BCUT2D eigenvalue weighted by Crippen LogP contribution is 2.36. The van der Waals surface area contributed by atoms with Crippen LogP contribution in [0.4, 0.5) is 4.39 Å². The second kappa shape index (κ2) is 6.88. The van der Waals surface area contributed by atoms with E-state index in [4.69, 9.17) is 16.3 Å². The molecular formula is C16H23ClFNO. The molecule has 1 N–H and O–H groups in total. The molecule has 1 aliphatic rings. The largest absolute Gasteiger partial charge is 0.377 e. The smallest absolute Gasteiger partial charge is 0.124 e. The average molecular weight is 300 g/mol. The number of hydrogen-bond donors (Lipinski definition) is 1. The Kier molecular flexibility index (Phi) is 5.42. The third-order valence-corrected chi connectivity index (χ3v) is 4.88. The third-order valence-electron chi connectivity index (χ3n) is 4.53. The van der Waals surface area contributed by atoms with Crippen LogP contribution in [-0.4, -0.2) is 25.8 Å². The van der Waals surface area contributed by atoms with E-state index < -0.39 is 0 Å². The molecule has 2 rings (SSSR count). The first-order chi connectivity index (χ1) is 9.61. The molecule has 0 heterocycles. The Bertz CT molecular complexity index is 446. The van der Waals surface area contributed by atoms with E-state index in [1.807, 2.05) is 7.05 Å². The molecule has 0 spiro atoms. The molecule has 0 bridgehead atoms. The van der Waals surface area contributed by atoms with E-state index in [-0.39, 0.29) is 17.5 Å². The third kappa shape index (κ3) is 3.33. The summed E-state index contributed by atoms with van der Waals surface area (Å²) in [4.78, 5) is 0. The highest BCUT2D eigenvalue weighted by molar-refractivity contribution is 6.31. The van der Waals surface area contributed by atoms with Crippen LogP contribution in [0.15, 0.2) is 18.2 Å². The van der Waals surface area contributed by atoms with Crippen molar-refractivity contribution in [1.82, 2.24) is 5.32 Å². The van der Waals surface area contributed by atoms with Crippen LogP contribution in [0.25, 0.3) is 0 Å². The van der Waals surface area contributed by atoms with Crippen molar-refractivity contribution < 1.29 is 9.13 Å². The van der Waals surface area contributed by atoms with Crippen molar-refractivity contribution in [2.75, 3.05) is 14.2 Å². The first kappa shape index (κ1) is 15.7. The lowest BCUT2D eigenvalue weighted by Crippen LogP contribution is -2.53. The lowest BCUT2D eigenvalue weighted by Gasteiger charge is -2.42. The summed E-state index contributed by atoms with van der Waals surface area (Å²) >= 11 is 6.15. The molecule has 1 aromatic carbocycles. The van der Waals surface area contributed by atoms with Crippen molar-refractivity contribution in [3.63, 3.8) is 0 Å². The summed E-state index contributed by atoms with van der Waals surface area (Å²) in [5.74, 6) is -0.293. The van der Waals surface area contributed by atoms with Gasteiger partial charge in [-0.2, -0.15) is 0 Å². The van der Waals surface area contributed by atoms with Crippen molar-refractivity contribution in [1.29, 1.82) is 0 Å². The summed E-state index contributed by atoms with van der Waals surface area (Å²) in [6.45, 7) is 0. The first-order valence-electron chi connectivity index (χ1n) is 7.27. The zero-order chi connectivity index (χ0) is 14.6. The van der Waals surface area contributed by atoms with Crippen LogP contribution in [-0.2, 0) is 11.2 Å². The topological polar surface area (TPSA) is 21.3 Å². The number of likely N-dealkylation sites (N-methyl/N-ethyl adjacent to an activating group) is 1. The second-order valence-electron chi connectivity index (χ2n) is 5.61. The molecule has 0 aromatic heterocycles. The minimum Gasteiger partial charge on any atom is -0.377 e. The number of methoxy groups -OCH3 is 1. The quantitative estimate of drug-likeness (QED) is 0.888. The normalized spacial score (nSPS) is 19.8. The van der Waals surface area contributed by atoms with Crippen LogP contribution in [0.2, 0.25) is 5.02 Å². The molecule has 112 valence electrons. The summed E-state index contributed by atoms with van der Waals surface area (Å²) < 4.78 is 19.0. The summed E-state index contributed by atoms with van der Waals surface area (Å²) in [6, 6.07) is 4.81. The van der Waals surface area contributed by atoms with Crippen LogP contribution in [0.3, 0.4) is 0 Å². The molecule has 0 saturated heterocycles. The van der Waals surface area contributed by atoms with Gasteiger partial charge in [0.05, 0.1) is 5.60 Å². The lowest BCUT2D eigenvalue weighted by molar-refractivity contribution is -0.0656. The minimum absolute atomic E-state index is 0.134. The molecule has 0 aliphatic heterocycles. The lowest BCUT2D eigenvalue weighted by atomic mass is 9.77. The first-order valence-corrected chi connectivity index (χ1v) is 7.65. The van der Waals surface area contributed by atoms with Gasteiger partial charge < -0.3 is 10.1 Å². The molecule has 1 saturated carbocycles. The van der Waals surface area contributed by atoms with Gasteiger partial charge in [-0.3, -0.25) is 0 Å². The Balaban J connectivity index is 2.18. The zero-order valence-electron chi connectivity index (χ0n) is 12.2. The van der Waals surface area contributed by atoms with Crippen LogP contribution in [0, 0.1) is 5.82 Å². The van der Waals surface area contributed by atoms with Gasteiger partial charge in [-0.1, -0.05) is 36.9 Å². The zero-order valence-corrected chi connectivity index (χ0v) is 13.0. The van der Waals surface area contributed by atoms with Crippen molar-refractivity contribution in [3.8, 4) is 0 Å². The minimum atomic E-state index is -0.293. The molecule has 1 unspecified atom stereocenters. The maximum absolute atomic E-state index is 13.1. The summed E-state index contributed by atoms with van der Waals surface area (Å²) in [7, 11) is 3.75. The fourth-order valence-corrected chi connectivity index (χ4v) is 3.55. The molecular weight excluding hydrogens is 277 g/mol. The predicted molar refractivity (Wildman–Crippen MR) is 80.8 cm³/mol. The number of ether oxygens (including phenoxy) is 1. The Hall–Kier alpha value is -0.640. The van der Waals surface area contributed by atoms with Crippen molar-refractivity contribution >= 4 is 11.6 Å². The monoisotopic (exact) mass is 299 g/mol. The number of rotatable bonds is 5. The Labute approximate surface area is 125 Å². The van der Waals surface area contributed by atoms with Gasteiger partial charge in [0, 0.05) is 18.2 Å². The van der Waals surface area contributed by atoms with Gasteiger partial charge in [0.2, 0.25) is 0 Å². The number of hydrogen-bond acceptors (Lipinski definition) is 2. The van der Waals surface area contributed by atoms with Gasteiger partial charge in [-0.15, -0.1) is 0 Å². The number of benzene rings is 1. The maximum atomic E-state index is 13.1. The van der Waals surface area contributed by atoms with Crippen LogP contribution >= 0.6 is 11.6 Å². The molecule has 1 aliphatic carbocycles. The van der Waals surface area contributed by atoms with Crippen LogP contribution in [0.5, 0.6) is 0 Å². The molecule has 20 heavy (non-hydrogen) atoms. The van der Waals surface area contributed by atoms with E-state index >= 15 is 0 Å². The molecule has 0 radical (unpaired) electrons. The van der Waals surface area contributed by atoms with Gasteiger partial charge in [0.1, 0.15) is 5.82 Å². The van der Waals surface area contributed by atoms with E-state index in [1.54, 1.807) is 13.2 Å². The number of nitrogens with one attached hydrogen (secondary N) is 1. The van der Waals surface area contributed by atoms with Crippen molar-refractivity contribution in [3.05, 3.63) is 34.6 Å². The van der Waals surface area contributed by atoms with Crippen LogP contribution < -0.4 is 5.32 Å². The highest BCUT2D eigenvalue weighted by Gasteiger charge is 2.39. The summed E-state index contributed by atoms with van der Waals surface area (Å²) in [5.41, 5.74) is 0.833. The molecule has 0 amide bonds. The Morgan fingerprint density at radius 3 is 2.60 bits per heavy atom. The van der Waals surface area contributed by atoms with Gasteiger partial charge in [-0.05, 0) is 44.0 Å². The van der Waals surface area contributed by atoms with E-state index in [1.165, 1.54) is 31.4 Å². The van der Waals surface area contributed by atoms with E-state index in [2.05, 4.69) is 5.32 Å². The molecule has 2 nitrogen and oxygen atoms in total. The van der Waals surface area contributed by atoms with E-state index in [0.29, 0.717) is 5.02 Å². The SMILES string of the molecule is CNC(Cc1ccc(F)cc1Cl)C1(OC)CCCCC1. The molecule has 4 heteroatoms. The van der Waals surface area contributed by atoms with Gasteiger partial charge in [0.25, 0.3) is 0 Å². The van der Waals surface area contributed by atoms with Crippen molar-refractivity contribution in [2.24, 2.45) is 0 Å². The fourth-order valence-electron chi connectivity index (χ4n) is 3.30. The summed E-state index contributed by atoms with van der Waals surface area (Å²) in [5, 5.41) is 3.87. The van der Waals surface area contributed by atoms with E-state index in [0.717, 1.165) is 24.8 Å². The van der Waals surface area contributed by atoms with Crippen LogP contribution in [0.1, 0.15) is 37.7 Å². The van der Waals surface area contributed by atoms with Gasteiger partial charge >= 0.3 is 0 Å². The average Bonchev–Trinajstić information content (AvgIpc) is 2.47. The molecule has 1 aromatic rings. The number of halogens is 2.